The van der Waals surface area contributed by atoms with E-state index in [2.05, 4.69) is 5.32 Å². The number of carboxylic acid groups (broad SMARTS) is 1. The van der Waals surface area contributed by atoms with Crippen LogP contribution in [0.25, 0.3) is 0 Å². The average Bonchev–Trinajstić information content (AvgIpc) is 2.34. The average molecular weight is 208 g/mol. The van der Waals surface area contributed by atoms with Gasteiger partial charge in [-0.2, -0.15) is 0 Å². The largest absolute Gasteiger partial charge is 0.480 e. The Bertz CT molecular complexity index is 462. The normalized spacial score (nSPS) is 32.6. The molecule has 5 heteroatoms. The van der Waals surface area contributed by atoms with E-state index in [0.29, 0.717) is 0 Å². The van der Waals surface area contributed by atoms with Crippen LogP contribution in [-0.2, 0) is 4.79 Å². The molecule has 1 saturated heterocycles. The molecule has 1 aliphatic heterocycles. The van der Waals surface area contributed by atoms with Gasteiger partial charge in [0, 0.05) is 22.7 Å². The zero-order valence-electron chi connectivity index (χ0n) is 15.3. The summed E-state index contributed by atoms with van der Waals surface area (Å²) < 4.78 is 59.9. The van der Waals surface area contributed by atoms with Crippen LogP contribution in [0.1, 0.15) is 31.1 Å². The van der Waals surface area contributed by atoms with E-state index < -0.39 is 37.6 Å². The fraction of sp³-hybridized carbons (Fsp3) is 0.778. The van der Waals surface area contributed by atoms with Crippen LogP contribution in [0.2, 0.25) is 0 Å². The monoisotopic (exact) mass is 208 g/mol. The predicted octanol–water partition coefficient (Wildman–Crippen LogP) is 0.511. The maximum atomic E-state index is 11.8. The van der Waals surface area contributed by atoms with Crippen molar-refractivity contribution in [3.05, 3.63) is 0 Å². The van der Waals surface area contributed by atoms with Crippen molar-refractivity contribution < 1.29 is 25.7 Å². The molecule has 1 atom stereocenters. The Kier molecular flexibility index (Phi) is 1.25. The van der Waals surface area contributed by atoms with E-state index >= 15 is 0 Å². The van der Waals surface area contributed by atoms with Crippen molar-refractivity contribution in [1.29, 1.82) is 0 Å². The Morgan fingerprint density at radius 3 is 3.00 bits per heavy atom. The van der Waals surface area contributed by atoms with Gasteiger partial charge in [0.2, 0.25) is 0 Å². The summed E-state index contributed by atoms with van der Waals surface area (Å²) in [5, 5.41) is 11.6. The Morgan fingerprint density at radius 2 is 2.50 bits per heavy atom. The number of urea groups is 1. The minimum atomic E-state index is -3.73. The van der Waals surface area contributed by atoms with E-state index in [-0.39, 0.29) is 24.4 Å². The molecule has 1 heterocycles. The Balaban J connectivity index is 3.62. The van der Waals surface area contributed by atoms with Crippen LogP contribution < -0.4 is 5.32 Å². The smallest absolute Gasteiger partial charge is 0.326 e. The van der Waals surface area contributed by atoms with Crippen molar-refractivity contribution in [2.75, 3.05) is 13.1 Å². The SMILES string of the molecule is [2H]C([2H])([2H])C([2H])(C([2H])([2H])[2H])C([2H])(C(=O)O)N1CCCNC1=O. The lowest BCUT2D eigenvalue weighted by molar-refractivity contribution is -0.144. The minimum Gasteiger partial charge on any atom is -0.480 e. The number of hydrogen-bond acceptors (Lipinski definition) is 2. The van der Waals surface area contributed by atoms with E-state index in [0.717, 1.165) is 0 Å². The molecule has 0 bridgehead atoms. The molecule has 0 saturated carbocycles. The van der Waals surface area contributed by atoms with Crippen LogP contribution in [0, 0.1) is 5.89 Å². The fourth-order valence-corrected chi connectivity index (χ4v) is 1.20. The van der Waals surface area contributed by atoms with Crippen LogP contribution in [0.3, 0.4) is 0 Å². The quantitative estimate of drug-likeness (QED) is 0.710. The second-order valence-electron chi connectivity index (χ2n) is 2.77. The molecule has 5 nitrogen and oxygen atoms in total. The lowest BCUT2D eigenvalue weighted by atomic mass is 10.0. The van der Waals surface area contributed by atoms with Crippen LogP contribution in [0.15, 0.2) is 0 Å². The van der Waals surface area contributed by atoms with Gasteiger partial charge in [-0.15, -0.1) is 0 Å². The first-order chi connectivity index (χ1) is 9.71. The number of nitrogens with zero attached hydrogens (tertiary/aromatic N) is 1. The third-order valence-electron chi connectivity index (χ3n) is 1.79. The molecule has 0 spiro atoms. The van der Waals surface area contributed by atoms with E-state index in [1.165, 1.54) is 0 Å². The predicted molar refractivity (Wildman–Crippen MR) is 51.0 cm³/mol. The molecule has 80 valence electrons. The Morgan fingerprint density at radius 1 is 1.79 bits per heavy atom. The van der Waals surface area contributed by atoms with Crippen molar-refractivity contribution in [2.24, 2.45) is 5.89 Å². The van der Waals surface area contributed by atoms with E-state index in [1.807, 2.05) is 0 Å². The summed E-state index contributed by atoms with van der Waals surface area (Å²) in [5.74, 6) is -5.92. The van der Waals surface area contributed by atoms with Crippen LogP contribution in [0.5, 0.6) is 0 Å². The summed E-state index contributed by atoms with van der Waals surface area (Å²) in [6.07, 6.45) is 0.192. The van der Waals surface area contributed by atoms with Gasteiger partial charge in [0.05, 0.1) is 1.37 Å². The lowest BCUT2D eigenvalue weighted by Crippen LogP contribution is -2.55. The number of hydrogen-bond donors (Lipinski definition) is 2. The van der Waals surface area contributed by atoms with Crippen molar-refractivity contribution in [1.82, 2.24) is 10.2 Å². The van der Waals surface area contributed by atoms with Gasteiger partial charge in [-0.1, -0.05) is 13.7 Å². The summed E-state index contributed by atoms with van der Waals surface area (Å²) in [6.45, 7) is -7.45. The lowest BCUT2D eigenvalue weighted by Gasteiger charge is -2.34. The number of carbonyl (C=O) groups excluding carboxylic acids is 1. The molecule has 0 aromatic heterocycles. The highest BCUT2D eigenvalue weighted by Gasteiger charge is 2.33. The number of amides is 2. The summed E-state index contributed by atoms with van der Waals surface area (Å²) in [5.41, 5.74) is 0. The summed E-state index contributed by atoms with van der Waals surface area (Å²) in [7, 11) is 0. The number of nitrogens with one attached hydrogen (secondary N) is 1. The molecular formula is C9H16N2O3. The summed E-state index contributed by atoms with van der Waals surface area (Å²) >= 11 is 0. The fourth-order valence-electron chi connectivity index (χ4n) is 1.20. The van der Waals surface area contributed by atoms with Crippen molar-refractivity contribution in [2.45, 2.75) is 26.1 Å². The molecule has 1 rings (SSSR count). The molecule has 2 amide bonds. The highest BCUT2D eigenvalue weighted by molar-refractivity contribution is 5.83. The van der Waals surface area contributed by atoms with E-state index in [9.17, 15) is 14.7 Å². The van der Waals surface area contributed by atoms with Gasteiger partial charge in [0.1, 0.15) is 6.02 Å². The number of rotatable bonds is 3. The van der Waals surface area contributed by atoms with Crippen molar-refractivity contribution in [3.8, 4) is 0 Å². The van der Waals surface area contributed by atoms with Gasteiger partial charge >= 0.3 is 12.0 Å². The Labute approximate surface area is 94.3 Å². The maximum Gasteiger partial charge on any atom is 0.326 e. The topological polar surface area (TPSA) is 69.6 Å². The molecule has 2 N–H and O–H groups in total. The minimum absolute atomic E-state index is 0.178. The molecule has 0 aliphatic carbocycles. The molecule has 1 unspecified atom stereocenters. The zero-order chi connectivity index (χ0) is 17.6. The van der Waals surface area contributed by atoms with Gasteiger partial charge in [0.15, 0.2) is 0 Å². The highest BCUT2D eigenvalue weighted by atomic mass is 16.4. The number of carbonyl (C=O) groups is 2. The standard InChI is InChI=1S/C9H16N2O3/c1-6(2)7(8(12)13)11-5-3-4-10-9(11)14/h6-7H,3-5H2,1-2H3,(H,10,14)(H,12,13)/i1D3,2D3,6D,7D. The first kappa shape index (κ1) is 4.08. The summed E-state index contributed by atoms with van der Waals surface area (Å²) in [4.78, 5) is 23.7. The van der Waals surface area contributed by atoms with E-state index in [4.69, 9.17) is 11.0 Å². The van der Waals surface area contributed by atoms with Gasteiger partial charge in [0.25, 0.3) is 0 Å². The first-order valence-corrected chi connectivity index (χ1v) is 4.00. The van der Waals surface area contributed by atoms with Crippen LogP contribution >= 0.6 is 0 Å². The number of aliphatic carboxylic acids is 1. The van der Waals surface area contributed by atoms with Crippen LogP contribution in [0.4, 0.5) is 4.79 Å². The Hall–Kier alpha value is -1.26. The highest BCUT2D eigenvalue weighted by Crippen LogP contribution is 2.13. The zero-order valence-corrected chi connectivity index (χ0v) is 7.33. The molecule has 0 aromatic carbocycles. The van der Waals surface area contributed by atoms with Crippen LogP contribution in [-0.4, -0.2) is 41.1 Å². The van der Waals surface area contributed by atoms with Gasteiger partial charge < -0.3 is 15.3 Å². The first-order valence-electron chi connectivity index (χ1n) is 8.00. The third-order valence-corrected chi connectivity index (χ3v) is 1.79. The van der Waals surface area contributed by atoms with Crippen molar-refractivity contribution in [3.63, 3.8) is 0 Å². The summed E-state index contributed by atoms with van der Waals surface area (Å²) in [6, 6.07) is -4.60. The third kappa shape index (κ3) is 2.16. The molecular weight excluding hydrogens is 184 g/mol. The van der Waals surface area contributed by atoms with Gasteiger partial charge in [-0.3, -0.25) is 0 Å². The molecule has 0 aromatic rings. The number of carboxylic acids is 1. The molecule has 14 heavy (non-hydrogen) atoms. The van der Waals surface area contributed by atoms with Gasteiger partial charge in [-0.05, 0) is 12.3 Å². The van der Waals surface area contributed by atoms with Crippen molar-refractivity contribution >= 4 is 12.0 Å². The van der Waals surface area contributed by atoms with Gasteiger partial charge in [-0.25, -0.2) is 9.59 Å². The second kappa shape index (κ2) is 4.30. The molecule has 1 fully saturated rings. The molecule has 0 radical (unpaired) electrons. The maximum absolute atomic E-state index is 11.8. The van der Waals surface area contributed by atoms with E-state index in [1.54, 1.807) is 0 Å². The second-order valence-corrected chi connectivity index (χ2v) is 2.77. The molecule has 1 aliphatic rings.